The highest BCUT2D eigenvalue weighted by Crippen LogP contribution is 2.38. The number of hydrogen-bond donors (Lipinski definition) is 1. The van der Waals surface area contributed by atoms with Gasteiger partial charge in [-0.2, -0.15) is 0 Å². The average Bonchev–Trinajstić information content (AvgIpc) is 2.11. The third kappa shape index (κ3) is 2.58. The van der Waals surface area contributed by atoms with Gasteiger partial charge in [-0.15, -0.1) is 0 Å². The maximum Gasteiger partial charge on any atom is 0.250 e. The number of hydrogen-bond acceptors (Lipinski definition) is 2. The Hall–Kier alpha value is -0.963. The van der Waals surface area contributed by atoms with Crippen LogP contribution in [-0.4, -0.2) is 8.32 Å². The van der Waals surface area contributed by atoms with Crippen molar-refractivity contribution in [1.82, 2.24) is 0 Å². The highest BCUT2D eigenvalue weighted by atomic mass is 28.4. The first-order valence-corrected chi connectivity index (χ1v) is 8.60. The fourth-order valence-corrected chi connectivity index (χ4v) is 2.25. The van der Waals surface area contributed by atoms with Crippen LogP contribution in [0.5, 0.6) is 5.75 Å². The number of rotatable bonds is 2. The SMILES string of the molecule is Cc1c(N)cccc1O[Si](C)(C)C(C)(C)C. The molecule has 1 rings (SSSR count). The predicted octanol–water partition coefficient (Wildman–Crippen LogP) is 3.96. The standard InChI is InChI=1S/C13H23NOSi/c1-10-11(14)8-7-9-12(10)15-16(5,6)13(2,3)4/h7-9H,14H2,1-6H3. The maximum atomic E-state index is 6.24. The lowest BCUT2D eigenvalue weighted by Crippen LogP contribution is -2.44. The van der Waals surface area contributed by atoms with Crippen molar-refractivity contribution < 1.29 is 4.43 Å². The van der Waals surface area contributed by atoms with E-state index in [0.717, 1.165) is 17.0 Å². The summed E-state index contributed by atoms with van der Waals surface area (Å²) in [6.07, 6.45) is 0. The van der Waals surface area contributed by atoms with E-state index >= 15 is 0 Å². The Morgan fingerprint density at radius 1 is 1.19 bits per heavy atom. The summed E-state index contributed by atoms with van der Waals surface area (Å²) in [5.41, 5.74) is 7.73. The van der Waals surface area contributed by atoms with Gasteiger partial charge in [0.1, 0.15) is 5.75 Å². The van der Waals surface area contributed by atoms with Crippen molar-refractivity contribution in [2.45, 2.75) is 45.8 Å². The van der Waals surface area contributed by atoms with Crippen LogP contribution in [0.3, 0.4) is 0 Å². The zero-order valence-electron chi connectivity index (χ0n) is 11.2. The first kappa shape index (κ1) is 13.1. The van der Waals surface area contributed by atoms with Crippen LogP contribution >= 0.6 is 0 Å². The van der Waals surface area contributed by atoms with Crippen molar-refractivity contribution in [3.8, 4) is 5.75 Å². The van der Waals surface area contributed by atoms with Crippen molar-refractivity contribution in [2.24, 2.45) is 0 Å². The van der Waals surface area contributed by atoms with Gasteiger partial charge in [0.05, 0.1) is 0 Å². The lowest BCUT2D eigenvalue weighted by Gasteiger charge is -2.37. The molecule has 3 heteroatoms. The molecule has 0 radical (unpaired) electrons. The zero-order valence-corrected chi connectivity index (χ0v) is 12.2. The minimum Gasteiger partial charge on any atom is -0.543 e. The van der Waals surface area contributed by atoms with E-state index in [9.17, 15) is 0 Å². The monoisotopic (exact) mass is 237 g/mol. The molecule has 0 aromatic heterocycles. The fraction of sp³-hybridized carbons (Fsp3) is 0.538. The molecule has 1 aromatic rings. The summed E-state index contributed by atoms with van der Waals surface area (Å²) in [4.78, 5) is 0. The van der Waals surface area contributed by atoms with Crippen molar-refractivity contribution in [1.29, 1.82) is 0 Å². The van der Waals surface area contributed by atoms with Crippen molar-refractivity contribution in [2.75, 3.05) is 5.73 Å². The van der Waals surface area contributed by atoms with E-state index < -0.39 is 8.32 Å². The molecule has 0 heterocycles. The molecule has 0 saturated carbocycles. The minimum absolute atomic E-state index is 0.212. The third-order valence-corrected chi connectivity index (χ3v) is 7.84. The summed E-state index contributed by atoms with van der Waals surface area (Å²) in [7, 11) is -1.76. The first-order valence-electron chi connectivity index (χ1n) is 5.69. The minimum atomic E-state index is -1.76. The highest BCUT2D eigenvalue weighted by Gasteiger charge is 2.39. The molecule has 0 fully saturated rings. The summed E-state index contributed by atoms with van der Waals surface area (Å²) in [5, 5.41) is 0.212. The van der Waals surface area contributed by atoms with Crippen LogP contribution < -0.4 is 10.2 Å². The molecule has 1 aromatic carbocycles. The Labute approximate surface area is 99.9 Å². The van der Waals surface area contributed by atoms with Crippen LogP contribution in [-0.2, 0) is 0 Å². The van der Waals surface area contributed by atoms with E-state index in [1.165, 1.54) is 0 Å². The van der Waals surface area contributed by atoms with Gasteiger partial charge < -0.3 is 10.2 Å². The van der Waals surface area contributed by atoms with Crippen LogP contribution in [0.1, 0.15) is 26.3 Å². The third-order valence-electron chi connectivity index (χ3n) is 3.50. The zero-order chi connectivity index (χ0) is 12.6. The molecule has 2 nitrogen and oxygen atoms in total. The molecular weight excluding hydrogens is 214 g/mol. The van der Waals surface area contributed by atoms with Gasteiger partial charge >= 0.3 is 0 Å². The molecule has 0 aliphatic heterocycles. The highest BCUT2D eigenvalue weighted by molar-refractivity contribution is 6.74. The van der Waals surface area contributed by atoms with Crippen LogP contribution in [0.2, 0.25) is 18.1 Å². The average molecular weight is 237 g/mol. The molecule has 0 saturated heterocycles. The van der Waals surface area contributed by atoms with Gasteiger partial charge in [0, 0.05) is 11.3 Å². The Kier molecular flexibility index (Phi) is 3.38. The lowest BCUT2D eigenvalue weighted by molar-refractivity contribution is 0.489. The van der Waals surface area contributed by atoms with Gasteiger partial charge in [-0.3, -0.25) is 0 Å². The van der Waals surface area contributed by atoms with Gasteiger partial charge in [-0.1, -0.05) is 26.8 Å². The topological polar surface area (TPSA) is 35.2 Å². The van der Waals surface area contributed by atoms with Crippen LogP contribution in [0.4, 0.5) is 5.69 Å². The van der Waals surface area contributed by atoms with Crippen molar-refractivity contribution in [3.05, 3.63) is 23.8 Å². The van der Waals surface area contributed by atoms with E-state index in [-0.39, 0.29) is 5.04 Å². The molecule has 0 bridgehead atoms. The Morgan fingerprint density at radius 3 is 2.25 bits per heavy atom. The fourth-order valence-electron chi connectivity index (χ4n) is 1.17. The van der Waals surface area contributed by atoms with Gasteiger partial charge in [-0.05, 0) is 37.2 Å². The van der Waals surface area contributed by atoms with E-state index in [4.69, 9.17) is 10.2 Å². The van der Waals surface area contributed by atoms with Crippen LogP contribution in [0, 0.1) is 6.92 Å². The Morgan fingerprint density at radius 2 is 1.75 bits per heavy atom. The molecule has 0 spiro atoms. The van der Waals surface area contributed by atoms with Gasteiger partial charge in [0.25, 0.3) is 0 Å². The molecule has 0 aliphatic rings. The molecule has 16 heavy (non-hydrogen) atoms. The number of benzene rings is 1. The first-order chi connectivity index (χ1) is 7.15. The summed E-state index contributed by atoms with van der Waals surface area (Å²) >= 11 is 0. The predicted molar refractivity (Wildman–Crippen MR) is 73.4 cm³/mol. The quantitative estimate of drug-likeness (QED) is 0.624. The number of anilines is 1. The van der Waals surface area contributed by atoms with E-state index in [2.05, 4.69) is 33.9 Å². The maximum absolute atomic E-state index is 6.24. The molecule has 0 atom stereocenters. The van der Waals surface area contributed by atoms with Crippen molar-refractivity contribution in [3.63, 3.8) is 0 Å². The van der Waals surface area contributed by atoms with Gasteiger partial charge in [0.15, 0.2) is 0 Å². The summed E-state index contributed by atoms with van der Waals surface area (Å²) in [6, 6.07) is 5.87. The number of nitrogens with two attached hydrogens (primary N) is 1. The second-order valence-corrected chi connectivity index (χ2v) is 10.6. The van der Waals surface area contributed by atoms with E-state index in [1.807, 2.05) is 25.1 Å². The largest absolute Gasteiger partial charge is 0.543 e. The molecular formula is C13H23NOSi. The molecule has 0 unspecified atom stereocenters. The molecule has 2 N–H and O–H groups in total. The molecule has 0 amide bonds. The van der Waals surface area contributed by atoms with E-state index in [0.29, 0.717) is 0 Å². The molecule has 0 aliphatic carbocycles. The lowest BCUT2D eigenvalue weighted by atomic mass is 10.2. The summed E-state index contributed by atoms with van der Waals surface area (Å²) < 4.78 is 6.24. The number of nitrogen functional groups attached to an aromatic ring is 1. The Bertz CT molecular complexity index is 380. The second-order valence-electron chi connectivity index (χ2n) is 5.83. The van der Waals surface area contributed by atoms with Crippen molar-refractivity contribution >= 4 is 14.0 Å². The van der Waals surface area contributed by atoms with Gasteiger partial charge in [0.2, 0.25) is 8.32 Å². The van der Waals surface area contributed by atoms with E-state index in [1.54, 1.807) is 0 Å². The second kappa shape index (κ2) is 4.13. The van der Waals surface area contributed by atoms with Crippen LogP contribution in [0.25, 0.3) is 0 Å². The smallest absolute Gasteiger partial charge is 0.250 e. The summed E-state index contributed by atoms with van der Waals surface area (Å²) in [6.45, 7) is 13.2. The Balaban J connectivity index is 3.02. The summed E-state index contributed by atoms with van der Waals surface area (Å²) in [5.74, 6) is 0.937. The molecule has 90 valence electrons. The normalized spacial score (nSPS) is 12.6. The van der Waals surface area contributed by atoms with Crippen LogP contribution in [0.15, 0.2) is 18.2 Å². The van der Waals surface area contributed by atoms with Gasteiger partial charge in [-0.25, -0.2) is 0 Å².